The van der Waals surface area contributed by atoms with E-state index in [1.165, 1.54) is 22.4 Å². The number of nitrogens with one attached hydrogen (secondary N) is 1. The molecule has 1 aromatic carbocycles. The van der Waals surface area contributed by atoms with Gasteiger partial charge in [0.15, 0.2) is 0 Å². The number of benzene rings is 1. The minimum Gasteiger partial charge on any atom is -0.310 e. The van der Waals surface area contributed by atoms with E-state index in [4.69, 9.17) is 0 Å². The molecule has 0 aliphatic heterocycles. The van der Waals surface area contributed by atoms with Crippen LogP contribution in [0, 0.1) is 6.92 Å². The lowest BCUT2D eigenvalue weighted by molar-refractivity contribution is 0.542. The van der Waals surface area contributed by atoms with Crippen LogP contribution in [0.5, 0.6) is 0 Å². The Labute approximate surface area is 128 Å². The fourth-order valence-corrected chi connectivity index (χ4v) is 2.59. The van der Waals surface area contributed by atoms with Crippen LogP contribution < -0.4 is 5.32 Å². The van der Waals surface area contributed by atoms with Gasteiger partial charge in [0, 0.05) is 24.4 Å². The van der Waals surface area contributed by atoms with E-state index in [1.54, 1.807) is 0 Å². The van der Waals surface area contributed by atoms with E-state index >= 15 is 0 Å². The Kier molecular flexibility index (Phi) is 5.51. The molecule has 1 unspecified atom stereocenters. The Balaban J connectivity index is 2.20. The lowest BCUT2D eigenvalue weighted by atomic mass is 9.96. The number of aryl methyl sites for hydroxylation is 1. The molecule has 2 rings (SSSR count). The van der Waals surface area contributed by atoms with E-state index in [2.05, 4.69) is 68.3 Å². The highest BCUT2D eigenvalue weighted by Gasteiger charge is 2.13. The maximum absolute atomic E-state index is 4.53. The van der Waals surface area contributed by atoms with Crippen LogP contribution in [0.1, 0.15) is 55.1 Å². The first-order valence-electron chi connectivity index (χ1n) is 7.85. The summed E-state index contributed by atoms with van der Waals surface area (Å²) in [5.41, 5.74) is 5.17. The van der Waals surface area contributed by atoms with Crippen molar-refractivity contribution in [1.29, 1.82) is 0 Å². The first kappa shape index (κ1) is 15.7. The van der Waals surface area contributed by atoms with Gasteiger partial charge in [0.25, 0.3) is 0 Å². The van der Waals surface area contributed by atoms with Gasteiger partial charge in [0.1, 0.15) is 0 Å². The molecule has 2 nitrogen and oxygen atoms in total. The van der Waals surface area contributed by atoms with Crippen molar-refractivity contribution in [3.05, 3.63) is 65.0 Å². The third-order valence-corrected chi connectivity index (χ3v) is 3.97. The predicted octanol–water partition coefficient (Wildman–Crippen LogP) is 4.41. The molecule has 0 aliphatic carbocycles. The second-order valence-corrected chi connectivity index (χ2v) is 5.90. The topological polar surface area (TPSA) is 24.9 Å². The van der Waals surface area contributed by atoms with E-state index < -0.39 is 0 Å². The molecule has 0 fully saturated rings. The summed E-state index contributed by atoms with van der Waals surface area (Å²) in [6.07, 6.45) is 2.81. The highest BCUT2D eigenvalue weighted by atomic mass is 14.9. The second kappa shape index (κ2) is 7.37. The van der Waals surface area contributed by atoms with Gasteiger partial charge in [-0.2, -0.15) is 0 Å². The molecular weight excluding hydrogens is 256 g/mol. The highest BCUT2D eigenvalue weighted by Crippen LogP contribution is 2.22. The summed E-state index contributed by atoms with van der Waals surface area (Å²) in [5, 5.41) is 3.58. The van der Waals surface area contributed by atoms with Gasteiger partial charge < -0.3 is 5.32 Å². The van der Waals surface area contributed by atoms with Crippen molar-refractivity contribution in [2.75, 3.05) is 6.54 Å². The van der Waals surface area contributed by atoms with E-state index in [9.17, 15) is 0 Å². The molecule has 0 bridgehead atoms. The average molecular weight is 282 g/mol. The first-order chi connectivity index (χ1) is 10.1. The molecule has 112 valence electrons. The molecule has 1 N–H and O–H groups in total. The van der Waals surface area contributed by atoms with E-state index in [-0.39, 0.29) is 0 Å². The van der Waals surface area contributed by atoms with Crippen molar-refractivity contribution in [2.24, 2.45) is 0 Å². The number of hydrogen-bond acceptors (Lipinski definition) is 2. The van der Waals surface area contributed by atoms with Crippen LogP contribution in [0.25, 0.3) is 0 Å². The van der Waals surface area contributed by atoms with Gasteiger partial charge in [-0.05, 0) is 42.1 Å². The highest BCUT2D eigenvalue weighted by molar-refractivity contribution is 5.29. The van der Waals surface area contributed by atoms with Crippen molar-refractivity contribution in [3.8, 4) is 0 Å². The number of pyridine rings is 1. The van der Waals surface area contributed by atoms with E-state index in [1.807, 2.05) is 12.3 Å². The van der Waals surface area contributed by atoms with Crippen molar-refractivity contribution >= 4 is 0 Å². The van der Waals surface area contributed by atoms with Gasteiger partial charge in [0.05, 0.1) is 0 Å². The third kappa shape index (κ3) is 4.15. The van der Waals surface area contributed by atoms with Crippen LogP contribution in [0.15, 0.2) is 42.6 Å². The molecule has 2 aromatic rings. The Morgan fingerprint density at radius 1 is 1.05 bits per heavy atom. The maximum Gasteiger partial charge on any atom is 0.0451 e. The van der Waals surface area contributed by atoms with Crippen LogP contribution in [-0.2, 0) is 6.42 Å². The monoisotopic (exact) mass is 282 g/mol. The second-order valence-electron chi connectivity index (χ2n) is 5.90. The Morgan fingerprint density at radius 3 is 2.29 bits per heavy atom. The van der Waals surface area contributed by atoms with Crippen LogP contribution >= 0.6 is 0 Å². The van der Waals surface area contributed by atoms with Gasteiger partial charge in [0.2, 0.25) is 0 Å². The Morgan fingerprint density at radius 2 is 1.71 bits per heavy atom. The number of hydrogen-bond donors (Lipinski definition) is 1. The fourth-order valence-electron chi connectivity index (χ4n) is 2.59. The molecule has 0 amide bonds. The van der Waals surface area contributed by atoms with Gasteiger partial charge in [-0.25, -0.2) is 0 Å². The van der Waals surface area contributed by atoms with Gasteiger partial charge >= 0.3 is 0 Å². The lowest BCUT2D eigenvalue weighted by Crippen LogP contribution is -2.23. The average Bonchev–Trinajstić information content (AvgIpc) is 2.49. The smallest absolute Gasteiger partial charge is 0.0451 e. The van der Waals surface area contributed by atoms with Gasteiger partial charge in [-0.3, -0.25) is 4.98 Å². The summed E-state index contributed by atoms with van der Waals surface area (Å²) in [7, 11) is 0. The molecule has 0 spiro atoms. The van der Waals surface area contributed by atoms with Crippen LogP contribution in [-0.4, -0.2) is 11.5 Å². The molecule has 0 radical (unpaired) electrons. The zero-order chi connectivity index (χ0) is 15.2. The molecule has 1 aromatic heterocycles. The number of likely N-dealkylation sites (N-methyl/N-ethyl adjacent to an activating group) is 1. The number of nitrogens with zero attached hydrogens (tertiary/aromatic N) is 1. The van der Waals surface area contributed by atoms with Crippen LogP contribution in [0.4, 0.5) is 0 Å². The molecule has 2 heteroatoms. The normalized spacial score (nSPS) is 12.6. The molecular formula is C19H26N2. The summed E-state index contributed by atoms with van der Waals surface area (Å²) in [4.78, 5) is 4.53. The molecule has 0 saturated carbocycles. The summed E-state index contributed by atoms with van der Waals surface area (Å²) >= 11 is 0. The maximum atomic E-state index is 4.53. The molecule has 21 heavy (non-hydrogen) atoms. The largest absolute Gasteiger partial charge is 0.310 e. The summed E-state index contributed by atoms with van der Waals surface area (Å²) in [6.45, 7) is 9.71. The molecule has 1 heterocycles. The van der Waals surface area contributed by atoms with Crippen LogP contribution in [0.3, 0.4) is 0 Å². The zero-order valence-corrected chi connectivity index (χ0v) is 13.6. The fraction of sp³-hybridized carbons (Fsp3) is 0.421. The minimum absolute atomic E-state index is 0.324. The molecule has 1 atom stereocenters. The minimum atomic E-state index is 0.324. The Hall–Kier alpha value is -1.67. The SMILES string of the molecule is CCNC(Cc1ncccc1C)c1ccc(C(C)C)cc1. The number of rotatable bonds is 6. The van der Waals surface area contributed by atoms with E-state index in [0.29, 0.717) is 12.0 Å². The summed E-state index contributed by atoms with van der Waals surface area (Å²) in [5.74, 6) is 0.578. The zero-order valence-electron chi connectivity index (χ0n) is 13.6. The quantitative estimate of drug-likeness (QED) is 0.849. The standard InChI is InChI=1S/C19H26N2/c1-5-20-19(13-18-15(4)7-6-12-21-18)17-10-8-16(9-11-17)14(2)3/h6-12,14,19-20H,5,13H2,1-4H3. The van der Waals surface area contributed by atoms with E-state index in [0.717, 1.165) is 13.0 Å². The summed E-state index contributed by atoms with van der Waals surface area (Å²) in [6, 6.07) is 13.4. The van der Waals surface area contributed by atoms with Crippen LogP contribution in [0.2, 0.25) is 0 Å². The van der Waals surface area contributed by atoms with Crippen molar-refractivity contribution in [2.45, 2.75) is 46.1 Å². The van der Waals surface area contributed by atoms with Crippen molar-refractivity contribution < 1.29 is 0 Å². The first-order valence-corrected chi connectivity index (χ1v) is 7.85. The number of aromatic nitrogens is 1. The summed E-state index contributed by atoms with van der Waals surface area (Å²) < 4.78 is 0. The van der Waals surface area contributed by atoms with Crippen molar-refractivity contribution in [3.63, 3.8) is 0 Å². The lowest BCUT2D eigenvalue weighted by Gasteiger charge is -2.19. The van der Waals surface area contributed by atoms with Crippen molar-refractivity contribution in [1.82, 2.24) is 10.3 Å². The van der Waals surface area contributed by atoms with Gasteiger partial charge in [-0.1, -0.05) is 51.1 Å². The molecule has 0 aliphatic rings. The predicted molar refractivity (Wildman–Crippen MR) is 89.6 cm³/mol. The van der Waals surface area contributed by atoms with Gasteiger partial charge in [-0.15, -0.1) is 0 Å². The third-order valence-electron chi connectivity index (χ3n) is 3.97. The Bertz CT molecular complexity index is 558. The molecule has 0 saturated heterocycles.